The lowest BCUT2D eigenvalue weighted by atomic mass is 10.1. The van der Waals surface area contributed by atoms with Gasteiger partial charge in [-0.3, -0.25) is 0 Å². The van der Waals surface area contributed by atoms with Gasteiger partial charge in [0, 0.05) is 25.7 Å². The summed E-state index contributed by atoms with van der Waals surface area (Å²) in [7, 11) is 6.60. The van der Waals surface area contributed by atoms with Crippen LogP contribution in [-0.2, 0) is 13.1 Å². The number of hydrogen-bond donors (Lipinski definition) is 1. The van der Waals surface area contributed by atoms with E-state index < -0.39 is 6.61 Å². The van der Waals surface area contributed by atoms with E-state index in [4.69, 9.17) is 19.2 Å². The van der Waals surface area contributed by atoms with Gasteiger partial charge in [-0.15, -0.1) is 0 Å². The quantitative estimate of drug-likeness (QED) is 0.449. The van der Waals surface area contributed by atoms with Gasteiger partial charge in [0.05, 0.1) is 27.9 Å². The van der Waals surface area contributed by atoms with Gasteiger partial charge >= 0.3 is 6.61 Å². The lowest BCUT2D eigenvalue weighted by Crippen LogP contribution is -2.38. The molecule has 0 aliphatic rings. The molecule has 0 aliphatic heterocycles. The molecule has 2 rings (SSSR count). The van der Waals surface area contributed by atoms with Crippen LogP contribution >= 0.6 is 0 Å². The number of guanidine groups is 1. The van der Waals surface area contributed by atoms with E-state index in [2.05, 4.69) is 10.1 Å². The summed E-state index contributed by atoms with van der Waals surface area (Å²) < 4.78 is 45.3. The van der Waals surface area contributed by atoms with Crippen molar-refractivity contribution < 1.29 is 27.7 Å². The standard InChI is InChI=1S/C22H29F2N3O4/c1-6-25-22(27(2)14-15-7-10-17(11-8-15)31-21(23)24)26-13-16-9-12-18(28-3)20(30-5)19(16)29-4/h7-12,21H,6,13-14H2,1-5H3,(H,25,26). The zero-order valence-electron chi connectivity index (χ0n) is 18.4. The fraction of sp³-hybridized carbons (Fsp3) is 0.409. The summed E-state index contributed by atoms with van der Waals surface area (Å²) >= 11 is 0. The third-order valence-corrected chi connectivity index (χ3v) is 4.45. The Hall–Kier alpha value is -3.23. The van der Waals surface area contributed by atoms with Crippen molar-refractivity contribution in [3.63, 3.8) is 0 Å². The average Bonchev–Trinajstić information content (AvgIpc) is 2.76. The number of methoxy groups -OCH3 is 3. The molecule has 1 N–H and O–H groups in total. The van der Waals surface area contributed by atoms with E-state index >= 15 is 0 Å². The molecule has 2 aromatic carbocycles. The second-order valence-electron chi connectivity index (χ2n) is 6.54. The van der Waals surface area contributed by atoms with Crippen LogP contribution < -0.4 is 24.3 Å². The molecule has 0 atom stereocenters. The number of ether oxygens (including phenoxy) is 4. The first-order valence-electron chi connectivity index (χ1n) is 9.74. The molecule has 0 fully saturated rings. The molecule has 2 aromatic rings. The highest BCUT2D eigenvalue weighted by molar-refractivity contribution is 5.79. The maximum absolute atomic E-state index is 12.3. The molecule has 0 aromatic heterocycles. The van der Waals surface area contributed by atoms with E-state index in [1.807, 2.05) is 31.0 Å². The van der Waals surface area contributed by atoms with Crippen molar-refractivity contribution in [1.82, 2.24) is 10.2 Å². The van der Waals surface area contributed by atoms with Crippen molar-refractivity contribution in [2.75, 3.05) is 34.9 Å². The lowest BCUT2D eigenvalue weighted by Gasteiger charge is -2.22. The van der Waals surface area contributed by atoms with Crippen LogP contribution in [-0.4, -0.2) is 52.4 Å². The molecule has 0 saturated heterocycles. The summed E-state index contributed by atoms with van der Waals surface area (Å²) in [5.41, 5.74) is 1.77. The summed E-state index contributed by atoms with van der Waals surface area (Å²) in [6.07, 6.45) is 0. The molecule has 0 aliphatic carbocycles. The molecule has 9 heteroatoms. The van der Waals surface area contributed by atoms with E-state index in [0.717, 1.165) is 11.1 Å². The van der Waals surface area contributed by atoms with Crippen LogP contribution in [0.3, 0.4) is 0 Å². The van der Waals surface area contributed by atoms with E-state index in [-0.39, 0.29) is 5.75 Å². The van der Waals surface area contributed by atoms with Crippen LogP contribution in [0, 0.1) is 0 Å². The highest BCUT2D eigenvalue weighted by Crippen LogP contribution is 2.40. The van der Waals surface area contributed by atoms with Crippen LogP contribution in [0.1, 0.15) is 18.1 Å². The molecule has 7 nitrogen and oxygen atoms in total. The fourth-order valence-electron chi connectivity index (χ4n) is 3.04. The van der Waals surface area contributed by atoms with Crippen molar-refractivity contribution >= 4 is 5.96 Å². The van der Waals surface area contributed by atoms with Gasteiger partial charge in [-0.1, -0.05) is 12.1 Å². The van der Waals surface area contributed by atoms with Crippen molar-refractivity contribution in [2.24, 2.45) is 4.99 Å². The highest BCUT2D eigenvalue weighted by Gasteiger charge is 2.16. The van der Waals surface area contributed by atoms with Crippen LogP contribution in [0.15, 0.2) is 41.4 Å². The predicted octanol–water partition coefficient (Wildman–Crippen LogP) is 3.91. The molecular formula is C22H29F2N3O4. The van der Waals surface area contributed by atoms with Gasteiger partial charge < -0.3 is 29.2 Å². The topological polar surface area (TPSA) is 64.6 Å². The Morgan fingerprint density at radius 2 is 1.68 bits per heavy atom. The van der Waals surface area contributed by atoms with Crippen molar-refractivity contribution in [1.29, 1.82) is 0 Å². The van der Waals surface area contributed by atoms with Crippen molar-refractivity contribution in [2.45, 2.75) is 26.6 Å². The minimum absolute atomic E-state index is 0.127. The molecule has 0 unspecified atom stereocenters. The van der Waals surface area contributed by atoms with Gasteiger partial charge in [0.1, 0.15) is 5.75 Å². The molecule has 0 saturated carbocycles. The number of nitrogens with one attached hydrogen (secondary N) is 1. The number of alkyl halides is 2. The molecule has 170 valence electrons. The largest absolute Gasteiger partial charge is 0.493 e. The Morgan fingerprint density at radius 3 is 2.23 bits per heavy atom. The monoisotopic (exact) mass is 437 g/mol. The maximum atomic E-state index is 12.3. The number of nitrogens with zero attached hydrogens (tertiary/aromatic N) is 2. The fourth-order valence-corrected chi connectivity index (χ4v) is 3.04. The molecule has 31 heavy (non-hydrogen) atoms. The smallest absolute Gasteiger partial charge is 0.387 e. The molecule has 0 radical (unpaired) electrons. The van der Waals surface area contributed by atoms with Gasteiger partial charge in [-0.2, -0.15) is 8.78 Å². The summed E-state index contributed by atoms with van der Waals surface area (Å²) in [6.45, 7) is 0.723. The molecular weight excluding hydrogens is 408 g/mol. The third-order valence-electron chi connectivity index (χ3n) is 4.45. The number of aliphatic imine (C=N–C) groups is 1. The second-order valence-corrected chi connectivity index (χ2v) is 6.54. The highest BCUT2D eigenvalue weighted by atomic mass is 19.3. The van der Waals surface area contributed by atoms with Crippen LogP contribution in [0.2, 0.25) is 0 Å². The van der Waals surface area contributed by atoms with Crippen LogP contribution in [0.5, 0.6) is 23.0 Å². The van der Waals surface area contributed by atoms with Crippen LogP contribution in [0.4, 0.5) is 8.78 Å². The first-order valence-corrected chi connectivity index (χ1v) is 9.74. The van der Waals surface area contributed by atoms with Crippen LogP contribution in [0.25, 0.3) is 0 Å². The number of benzene rings is 2. The van der Waals surface area contributed by atoms with Gasteiger partial charge in [0.15, 0.2) is 17.5 Å². The van der Waals surface area contributed by atoms with Crippen molar-refractivity contribution in [3.05, 3.63) is 47.5 Å². The Morgan fingerprint density at radius 1 is 1.00 bits per heavy atom. The summed E-state index contributed by atoms with van der Waals surface area (Å²) in [5.74, 6) is 2.48. The minimum Gasteiger partial charge on any atom is -0.493 e. The van der Waals surface area contributed by atoms with E-state index in [9.17, 15) is 8.78 Å². The Bertz CT molecular complexity index is 861. The second kappa shape index (κ2) is 11.8. The Labute approximate surface area is 181 Å². The number of halogens is 2. The molecule has 0 bridgehead atoms. The molecule has 0 heterocycles. The zero-order valence-corrected chi connectivity index (χ0v) is 18.4. The molecule has 0 amide bonds. The Kier molecular flexibility index (Phi) is 9.17. The van der Waals surface area contributed by atoms with Gasteiger partial charge in [-0.05, 0) is 36.8 Å². The zero-order chi connectivity index (χ0) is 22.8. The third kappa shape index (κ3) is 6.63. The Balaban J connectivity index is 2.17. The summed E-state index contributed by atoms with van der Waals surface area (Å²) in [5, 5.41) is 3.25. The van der Waals surface area contributed by atoms with Crippen molar-refractivity contribution in [3.8, 4) is 23.0 Å². The summed E-state index contributed by atoms with van der Waals surface area (Å²) in [4.78, 5) is 6.65. The maximum Gasteiger partial charge on any atom is 0.387 e. The first kappa shape index (κ1) is 24.0. The molecule has 0 spiro atoms. The normalized spacial score (nSPS) is 11.3. The van der Waals surface area contributed by atoms with Gasteiger partial charge in [0.2, 0.25) is 5.75 Å². The van der Waals surface area contributed by atoms with E-state index in [0.29, 0.717) is 42.8 Å². The predicted molar refractivity (Wildman–Crippen MR) is 115 cm³/mol. The SMILES string of the molecule is CCNC(=NCc1ccc(OC)c(OC)c1OC)N(C)Cc1ccc(OC(F)F)cc1. The number of hydrogen-bond acceptors (Lipinski definition) is 5. The minimum atomic E-state index is -2.84. The van der Waals surface area contributed by atoms with Gasteiger partial charge in [0.25, 0.3) is 0 Å². The van der Waals surface area contributed by atoms with E-state index in [1.54, 1.807) is 33.5 Å². The van der Waals surface area contributed by atoms with Gasteiger partial charge in [-0.25, -0.2) is 4.99 Å². The number of rotatable bonds is 10. The lowest BCUT2D eigenvalue weighted by molar-refractivity contribution is -0.0498. The average molecular weight is 437 g/mol. The van der Waals surface area contributed by atoms with E-state index in [1.165, 1.54) is 12.1 Å². The summed E-state index contributed by atoms with van der Waals surface area (Å²) in [6, 6.07) is 10.2. The first-order chi connectivity index (χ1) is 14.9.